The number of anilines is 1. The smallest absolute Gasteiger partial charge is 0.418 e. The van der Waals surface area contributed by atoms with Crippen LogP contribution in [-0.4, -0.2) is 22.2 Å². The van der Waals surface area contributed by atoms with Gasteiger partial charge in [-0.3, -0.25) is 9.36 Å². The number of halogens is 1. The highest BCUT2D eigenvalue weighted by Crippen LogP contribution is 2.32. The first-order valence-electron chi connectivity index (χ1n) is 8.15. The Kier molecular flexibility index (Phi) is 4.87. The summed E-state index contributed by atoms with van der Waals surface area (Å²) in [7, 11) is 0. The van der Waals surface area contributed by atoms with Crippen molar-refractivity contribution in [3.63, 3.8) is 0 Å². The monoisotopic (exact) mass is 414 g/mol. The first-order chi connectivity index (χ1) is 12.3. The molecule has 0 bridgehead atoms. The number of rotatable bonds is 2. The molecule has 0 aliphatic heterocycles. The average molecular weight is 415 g/mol. The van der Waals surface area contributed by atoms with Crippen molar-refractivity contribution in [3.05, 3.63) is 64.8 Å². The molecule has 0 aliphatic rings. The Bertz CT molecular complexity index is 972. The van der Waals surface area contributed by atoms with Gasteiger partial charge in [0.15, 0.2) is 0 Å². The third-order valence-electron chi connectivity index (χ3n) is 3.68. The van der Waals surface area contributed by atoms with Crippen molar-refractivity contribution in [1.82, 2.24) is 4.57 Å². The molecule has 1 amide bonds. The van der Waals surface area contributed by atoms with Crippen molar-refractivity contribution in [2.75, 3.05) is 5.32 Å². The Morgan fingerprint density at radius 2 is 1.73 bits per heavy atom. The number of amides is 1. The number of hydrogen-bond acceptors (Lipinski definition) is 3. The fraction of sp³-hybridized carbons (Fsp3) is 0.200. The Balaban J connectivity index is 1.90. The zero-order valence-corrected chi connectivity index (χ0v) is 16.3. The lowest BCUT2D eigenvalue weighted by Gasteiger charge is -2.19. The van der Waals surface area contributed by atoms with Crippen molar-refractivity contribution in [2.45, 2.75) is 26.4 Å². The second-order valence-electron chi connectivity index (χ2n) is 6.85. The summed E-state index contributed by atoms with van der Waals surface area (Å²) in [5.74, 6) is -0.197. The van der Waals surface area contributed by atoms with Crippen LogP contribution < -0.4 is 5.32 Å². The van der Waals surface area contributed by atoms with Gasteiger partial charge in [0.1, 0.15) is 5.60 Å². The summed E-state index contributed by atoms with van der Waals surface area (Å²) in [6.45, 7) is 5.47. The van der Waals surface area contributed by atoms with E-state index in [9.17, 15) is 9.59 Å². The molecule has 5 nitrogen and oxygen atoms in total. The molecule has 0 atom stereocenters. The lowest BCUT2D eigenvalue weighted by Crippen LogP contribution is -2.26. The molecular formula is C20H19BrN2O3. The predicted octanol–water partition coefficient (Wildman–Crippen LogP) is 5.44. The summed E-state index contributed by atoms with van der Waals surface area (Å²) in [6.07, 6.45) is 1.22. The molecule has 0 radical (unpaired) electrons. The number of hydrogen-bond donors (Lipinski definition) is 1. The van der Waals surface area contributed by atoms with E-state index in [0.29, 0.717) is 21.2 Å². The molecule has 3 rings (SSSR count). The molecule has 134 valence electrons. The molecule has 0 spiro atoms. The van der Waals surface area contributed by atoms with Crippen LogP contribution in [0.5, 0.6) is 0 Å². The van der Waals surface area contributed by atoms with E-state index in [1.165, 1.54) is 4.57 Å². The van der Waals surface area contributed by atoms with Gasteiger partial charge in [-0.1, -0.05) is 18.2 Å². The van der Waals surface area contributed by atoms with Gasteiger partial charge in [-0.15, -0.1) is 0 Å². The van der Waals surface area contributed by atoms with Gasteiger partial charge in [0.2, 0.25) is 0 Å². The van der Waals surface area contributed by atoms with E-state index in [2.05, 4.69) is 21.2 Å². The highest BCUT2D eigenvalue weighted by atomic mass is 79.9. The maximum atomic E-state index is 12.4. The maximum absolute atomic E-state index is 12.4. The summed E-state index contributed by atoms with van der Waals surface area (Å²) < 4.78 is 7.58. The first-order valence-corrected chi connectivity index (χ1v) is 8.95. The number of nitrogens with one attached hydrogen (secondary N) is 1. The number of carbonyl (C=O) groups is 2. The molecule has 26 heavy (non-hydrogen) atoms. The number of fused-ring (bicyclic) bond motifs is 1. The minimum atomic E-state index is -0.575. The Morgan fingerprint density at radius 1 is 1.04 bits per heavy atom. The zero-order chi connectivity index (χ0) is 18.9. The quantitative estimate of drug-likeness (QED) is 0.607. The number of carbonyl (C=O) groups excluding carboxylic acids is 2. The Morgan fingerprint density at radius 3 is 2.38 bits per heavy atom. The Labute approximate surface area is 160 Å². The summed E-state index contributed by atoms with van der Waals surface area (Å²) in [5, 5.41) is 3.69. The molecule has 1 N–H and O–H groups in total. The number of benzene rings is 2. The van der Waals surface area contributed by atoms with Gasteiger partial charge in [0, 0.05) is 17.1 Å². The van der Waals surface area contributed by atoms with E-state index in [1.807, 2.05) is 45.0 Å². The van der Waals surface area contributed by atoms with E-state index in [0.717, 1.165) is 5.39 Å². The van der Waals surface area contributed by atoms with Crippen LogP contribution in [-0.2, 0) is 4.74 Å². The van der Waals surface area contributed by atoms with Crippen molar-refractivity contribution in [2.24, 2.45) is 0 Å². The van der Waals surface area contributed by atoms with Crippen LogP contribution >= 0.6 is 15.9 Å². The van der Waals surface area contributed by atoms with Gasteiger partial charge in [-0.05, 0) is 67.0 Å². The first kappa shape index (κ1) is 18.2. The largest absolute Gasteiger partial charge is 0.443 e. The minimum Gasteiger partial charge on any atom is -0.443 e. The lowest BCUT2D eigenvalue weighted by molar-refractivity contribution is 0.0544. The van der Waals surface area contributed by atoms with Crippen LogP contribution in [0.4, 0.5) is 10.5 Å². The SMILES string of the molecule is CC(C)(C)OC(=O)n1ccc2c(Br)c(NC(=O)c3ccccc3)ccc21. The van der Waals surface area contributed by atoms with E-state index >= 15 is 0 Å². The van der Waals surface area contributed by atoms with Gasteiger partial charge < -0.3 is 10.1 Å². The topological polar surface area (TPSA) is 60.3 Å². The van der Waals surface area contributed by atoms with Gasteiger partial charge in [0.05, 0.1) is 15.7 Å². The van der Waals surface area contributed by atoms with Crippen LogP contribution in [0.25, 0.3) is 10.9 Å². The summed E-state index contributed by atoms with van der Waals surface area (Å²) in [4.78, 5) is 24.7. The maximum Gasteiger partial charge on any atom is 0.418 e. The van der Waals surface area contributed by atoms with E-state index in [1.54, 1.807) is 30.5 Å². The zero-order valence-electron chi connectivity index (χ0n) is 14.7. The average Bonchev–Trinajstić information content (AvgIpc) is 3.01. The summed E-state index contributed by atoms with van der Waals surface area (Å²) in [5.41, 5.74) is 1.33. The molecule has 0 saturated carbocycles. The van der Waals surface area contributed by atoms with Crippen LogP contribution in [0, 0.1) is 0 Å². The standard InChI is InChI=1S/C20H19BrN2O3/c1-20(2,3)26-19(25)23-12-11-14-16(23)10-9-15(17(14)21)22-18(24)13-7-5-4-6-8-13/h4-12H,1-3H3,(H,22,24). The van der Waals surface area contributed by atoms with Crippen LogP contribution in [0.1, 0.15) is 31.1 Å². The van der Waals surface area contributed by atoms with Gasteiger partial charge >= 0.3 is 6.09 Å². The number of ether oxygens (including phenoxy) is 1. The normalized spacial score (nSPS) is 11.4. The van der Waals surface area contributed by atoms with Crippen LogP contribution in [0.3, 0.4) is 0 Å². The molecular weight excluding hydrogens is 396 g/mol. The highest BCUT2D eigenvalue weighted by molar-refractivity contribution is 9.10. The van der Waals surface area contributed by atoms with Crippen molar-refractivity contribution < 1.29 is 14.3 Å². The van der Waals surface area contributed by atoms with Crippen molar-refractivity contribution in [3.8, 4) is 0 Å². The third kappa shape index (κ3) is 3.80. The fourth-order valence-corrected chi connectivity index (χ4v) is 3.10. The van der Waals surface area contributed by atoms with E-state index < -0.39 is 11.7 Å². The van der Waals surface area contributed by atoms with Crippen molar-refractivity contribution >= 4 is 44.5 Å². The van der Waals surface area contributed by atoms with E-state index in [4.69, 9.17) is 4.74 Å². The van der Waals surface area contributed by atoms with Gasteiger partial charge in [-0.2, -0.15) is 0 Å². The highest BCUT2D eigenvalue weighted by Gasteiger charge is 2.20. The molecule has 0 unspecified atom stereocenters. The number of aromatic nitrogens is 1. The van der Waals surface area contributed by atoms with E-state index in [-0.39, 0.29) is 5.91 Å². The van der Waals surface area contributed by atoms with Crippen LogP contribution in [0.15, 0.2) is 59.2 Å². The minimum absolute atomic E-state index is 0.197. The number of nitrogens with zero attached hydrogens (tertiary/aromatic N) is 1. The fourth-order valence-electron chi connectivity index (χ4n) is 2.53. The molecule has 2 aromatic carbocycles. The summed E-state index contributed by atoms with van der Waals surface area (Å²) in [6, 6.07) is 14.3. The molecule has 3 aromatic rings. The van der Waals surface area contributed by atoms with Gasteiger partial charge in [-0.25, -0.2) is 4.79 Å². The molecule has 0 aliphatic carbocycles. The predicted molar refractivity (Wildman–Crippen MR) is 106 cm³/mol. The third-order valence-corrected chi connectivity index (χ3v) is 4.54. The Hall–Kier alpha value is -2.60. The van der Waals surface area contributed by atoms with Crippen molar-refractivity contribution in [1.29, 1.82) is 0 Å². The molecule has 1 aromatic heterocycles. The van der Waals surface area contributed by atoms with Gasteiger partial charge in [0.25, 0.3) is 5.91 Å². The molecule has 0 saturated heterocycles. The van der Waals surface area contributed by atoms with Crippen LogP contribution in [0.2, 0.25) is 0 Å². The second-order valence-corrected chi connectivity index (χ2v) is 7.64. The second kappa shape index (κ2) is 6.96. The molecule has 0 fully saturated rings. The lowest BCUT2D eigenvalue weighted by atomic mass is 10.2. The summed E-state index contributed by atoms with van der Waals surface area (Å²) >= 11 is 3.53. The molecule has 6 heteroatoms. The molecule has 1 heterocycles.